The number of amides is 1. The van der Waals surface area contributed by atoms with E-state index in [1.165, 1.54) is 6.08 Å². The summed E-state index contributed by atoms with van der Waals surface area (Å²) in [6, 6.07) is 6.70. The number of rotatable bonds is 7. The third-order valence-corrected chi connectivity index (χ3v) is 2.29. The van der Waals surface area contributed by atoms with Gasteiger partial charge in [-0.05, 0) is 24.6 Å². The smallest absolute Gasteiger partial charge is 0.272 e. The summed E-state index contributed by atoms with van der Waals surface area (Å²) in [7, 11) is 0. The maximum absolute atomic E-state index is 12.0. The first kappa shape index (κ1) is 15.9. The summed E-state index contributed by atoms with van der Waals surface area (Å²) in [5, 5.41) is 2.69. The Hall–Kier alpha value is -2.17. The fourth-order valence-electron chi connectivity index (χ4n) is 1.41. The Balaban J connectivity index is 2.47. The minimum atomic E-state index is -2.50. The number of hydrogen-bond acceptors (Lipinski definition) is 2. The summed E-state index contributed by atoms with van der Waals surface area (Å²) >= 11 is 0. The van der Waals surface area contributed by atoms with Gasteiger partial charge in [0.25, 0.3) is 6.43 Å². The lowest BCUT2D eigenvalue weighted by Crippen LogP contribution is -2.20. The van der Waals surface area contributed by atoms with Crippen LogP contribution in [0.15, 0.2) is 48.6 Å². The van der Waals surface area contributed by atoms with E-state index in [0.29, 0.717) is 12.3 Å². The molecule has 0 aliphatic heterocycles. The lowest BCUT2D eigenvalue weighted by atomic mass is 10.2. The third-order valence-electron chi connectivity index (χ3n) is 2.29. The first-order valence-electron chi connectivity index (χ1n) is 6.19. The van der Waals surface area contributed by atoms with E-state index < -0.39 is 13.0 Å². The second kappa shape index (κ2) is 8.85. The van der Waals surface area contributed by atoms with Gasteiger partial charge in [0.05, 0.1) is 0 Å². The van der Waals surface area contributed by atoms with Crippen LogP contribution >= 0.6 is 0 Å². The molecule has 3 nitrogen and oxygen atoms in total. The first-order valence-corrected chi connectivity index (χ1v) is 6.19. The first-order chi connectivity index (χ1) is 9.61. The summed E-state index contributed by atoms with van der Waals surface area (Å²) < 4.78 is 29.0. The molecule has 0 aliphatic carbocycles. The van der Waals surface area contributed by atoms with Gasteiger partial charge >= 0.3 is 0 Å². The molecule has 0 saturated carbocycles. The molecule has 0 saturated heterocycles. The van der Waals surface area contributed by atoms with Crippen LogP contribution in [-0.2, 0) is 11.3 Å². The molecule has 0 fully saturated rings. The minimum absolute atomic E-state index is 0.220. The number of allylic oxidation sites excluding steroid dienone is 3. The van der Waals surface area contributed by atoms with E-state index in [9.17, 15) is 13.6 Å². The Morgan fingerprint density at radius 2 is 2.20 bits per heavy atom. The normalized spacial score (nSPS) is 11.4. The number of alkyl halides is 2. The van der Waals surface area contributed by atoms with Crippen LogP contribution in [0, 0.1) is 0 Å². The van der Waals surface area contributed by atoms with Crippen LogP contribution in [0.1, 0.15) is 12.5 Å². The summed E-state index contributed by atoms with van der Waals surface area (Å²) in [6.45, 7) is 1.53. The second-order valence-corrected chi connectivity index (χ2v) is 3.95. The molecule has 1 N–H and O–H groups in total. The number of ether oxygens (including phenoxy) is 1. The SMILES string of the molecule is CC=CC=CC(=O)NCc1cccc(OCC(F)F)c1. The number of carbonyl (C=O) groups excluding carboxylic acids is 1. The molecule has 0 unspecified atom stereocenters. The molecule has 0 aliphatic rings. The molecule has 20 heavy (non-hydrogen) atoms. The van der Waals surface area contributed by atoms with E-state index in [1.807, 2.05) is 13.0 Å². The van der Waals surface area contributed by atoms with Gasteiger partial charge in [-0.2, -0.15) is 0 Å². The average Bonchev–Trinajstić information content (AvgIpc) is 2.44. The summed E-state index contributed by atoms with van der Waals surface area (Å²) in [4.78, 5) is 11.4. The topological polar surface area (TPSA) is 38.3 Å². The van der Waals surface area contributed by atoms with E-state index >= 15 is 0 Å². The highest BCUT2D eigenvalue weighted by Crippen LogP contribution is 2.14. The quantitative estimate of drug-likeness (QED) is 0.616. The maximum Gasteiger partial charge on any atom is 0.272 e. The van der Waals surface area contributed by atoms with Gasteiger partial charge in [0.1, 0.15) is 12.4 Å². The van der Waals surface area contributed by atoms with Gasteiger partial charge in [0.15, 0.2) is 0 Å². The summed E-state index contributed by atoms with van der Waals surface area (Å²) in [5.74, 6) is 0.142. The summed E-state index contributed by atoms with van der Waals surface area (Å²) in [6.07, 6.45) is 4.11. The van der Waals surface area contributed by atoms with Crippen molar-refractivity contribution < 1.29 is 18.3 Å². The van der Waals surface area contributed by atoms with Crippen LogP contribution in [0.5, 0.6) is 5.75 Å². The molecule has 108 valence electrons. The highest BCUT2D eigenvalue weighted by molar-refractivity contribution is 5.87. The molecule has 0 bridgehead atoms. The van der Waals surface area contributed by atoms with Crippen molar-refractivity contribution in [2.45, 2.75) is 19.9 Å². The molecule has 5 heteroatoms. The molecule has 0 spiro atoms. The Bertz CT molecular complexity index is 485. The molecular formula is C15H17F2NO2. The summed E-state index contributed by atoms with van der Waals surface area (Å²) in [5.41, 5.74) is 0.782. The second-order valence-electron chi connectivity index (χ2n) is 3.95. The van der Waals surface area contributed by atoms with Crippen LogP contribution in [0.3, 0.4) is 0 Å². The Kier molecular flexibility index (Phi) is 7.03. The van der Waals surface area contributed by atoms with Crippen molar-refractivity contribution in [1.29, 1.82) is 0 Å². The lowest BCUT2D eigenvalue weighted by molar-refractivity contribution is -0.116. The van der Waals surface area contributed by atoms with E-state index in [4.69, 9.17) is 4.74 Å². The Morgan fingerprint density at radius 3 is 2.90 bits per heavy atom. The number of benzene rings is 1. The maximum atomic E-state index is 12.0. The lowest BCUT2D eigenvalue weighted by Gasteiger charge is -2.07. The van der Waals surface area contributed by atoms with Gasteiger partial charge in [0, 0.05) is 12.6 Å². The van der Waals surface area contributed by atoms with Crippen LogP contribution < -0.4 is 10.1 Å². The van der Waals surface area contributed by atoms with Gasteiger partial charge in [0.2, 0.25) is 5.91 Å². The molecular weight excluding hydrogens is 264 g/mol. The largest absolute Gasteiger partial charge is 0.488 e. The number of nitrogens with one attached hydrogen (secondary N) is 1. The molecule has 1 rings (SSSR count). The molecule has 1 aromatic carbocycles. The predicted molar refractivity (Wildman–Crippen MR) is 73.7 cm³/mol. The van der Waals surface area contributed by atoms with Gasteiger partial charge in [-0.25, -0.2) is 8.78 Å². The number of halogens is 2. The van der Waals surface area contributed by atoms with Gasteiger partial charge in [-0.3, -0.25) is 4.79 Å². The number of hydrogen-bond donors (Lipinski definition) is 1. The third kappa shape index (κ3) is 6.68. The monoisotopic (exact) mass is 281 g/mol. The van der Waals surface area contributed by atoms with Crippen molar-refractivity contribution in [2.24, 2.45) is 0 Å². The standard InChI is InChI=1S/C15H17F2NO2/c1-2-3-4-8-15(19)18-10-12-6-5-7-13(9-12)20-11-14(16)17/h2-9,14H,10-11H2,1H3,(H,18,19). The predicted octanol–water partition coefficient (Wildman–Crippen LogP) is 3.08. The zero-order chi connectivity index (χ0) is 14.8. The molecule has 0 radical (unpaired) electrons. The van der Waals surface area contributed by atoms with Gasteiger partial charge < -0.3 is 10.1 Å². The highest BCUT2D eigenvalue weighted by atomic mass is 19.3. The fourth-order valence-corrected chi connectivity index (χ4v) is 1.41. The molecule has 0 heterocycles. The van der Waals surface area contributed by atoms with E-state index in [2.05, 4.69) is 5.32 Å². The zero-order valence-electron chi connectivity index (χ0n) is 11.2. The molecule has 1 amide bonds. The van der Waals surface area contributed by atoms with E-state index in [0.717, 1.165) is 5.56 Å². The molecule has 0 atom stereocenters. The van der Waals surface area contributed by atoms with Crippen LogP contribution in [0.25, 0.3) is 0 Å². The zero-order valence-corrected chi connectivity index (χ0v) is 11.2. The van der Waals surface area contributed by atoms with Gasteiger partial charge in [-0.1, -0.05) is 30.4 Å². The minimum Gasteiger partial charge on any atom is -0.488 e. The van der Waals surface area contributed by atoms with Crippen molar-refractivity contribution >= 4 is 5.91 Å². The van der Waals surface area contributed by atoms with Crippen molar-refractivity contribution in [3.05, 3.63) is 54.1 Å². The van der Waals surface area contributed by atoms with Crippen molar-refractivity contribution in [3.8, 4) is 5.75 Å². The van der Waals surface area contributed by atoms with E-state index in [1.54, 1.807) is 36.4 Å². The fraction of sp³-hybridized carbons (Fsp3) is 0.267. The molecule has 0 aromatic heterocycles. The van der Waals surface area contributed by atoms with Crippen molar-refractivity contribution in [3.63, 3.8) is 0 Å². The Labute approximate surface area is 116 Å². The van der Waals surface area contributed by atoms with Crippen LogP contribution in [-0.4, -0.2) is 18.9 Å². The van der Waals surface area contributed by atoms with Crippen molar-refractivity contribution in [1.82, 2.24) is 5.32 Å². The van der Waals surface area contributed by atoms with Crippen LogP contribution in [0.4, 0.5) is 8.78 Å². The van der Waals surface area contributed by atoms with E-state index in [-0.39, 0.29) is 5.91 Å². The van der Waals surface area contributed by atoms with Gasteiger partial charge in [-0.15, -0.1) is 0 Å². The number of carbonyl (C=O) groups is 1. The van der Waals surface area contributed by atoms with Crippen molar-refractivity contribution in [2.75, 3.05) is 6.61 Å². The highest BCUT2D eigenvalue weighted by Gasteiger charge is 2.04. The average molecular weight is 281 g/mol. The van der Waals surface area contributed by atoms with Crippen LogP contribution in [0.2, 0.25) is 0 Å². The molecule has 1 aromatic rings. The Morgan fingerprint density at radius 1 is 1.40 bits per heavy atom.